The fourth-order valence-electron chi connectivity index (χ4n) is 2.01. The maximum atomic E-state index is 13.0. The standard InChI is InChI=1S/C16H13FN4S/c17-14-8-6-12(7-9-14)10-15-19-20-16(22)21(15)18-11-13-4-2-1-3-5-13/h1-9,11H,10H2,(H,20,22)/b18-11-. The van der Waals surface area contributed by atoms with Gasteiger partial charge in [0.1, 0.15) is 5.82 Å². The summed E-state index contributed by atoms with van der Waals surface area (Å²) >= 11 is 5.20. The van der Waals surface area contributed by atoms with Crippen molar-refractivity contribution in [2.45, 2.75) is 6.42 Å². The lowest BCUT2D eigenvalue weighted by molar-refractivity contribution is 0.627. The zero-order chi connectivity index (χ0) is 15.4. The highest BCUT2D eigenvalue weighted by Gasteiger charge is 2.06. The van der Waals surface area contributed by atoms with Crippen LogP contribution in [0.3, 0.4) is 0 Å². The Bertz CT molecular complexity index is 835. The smallest absolute Gasteiger partial charge is 0.216 e. The number of halogens is 1. The lowest BCUT2D eigenvalue weighted by Gasteiger charge is -2.01. The Balaban J connectivity index is 1.86. The van der Waals surface area contributed by atoms with Crippen LogP contribution >= 0.6 is 12.2 Å². The van der Waals surface area contributed by atoms with Crippen molar-refractivity contribution in [1.82, 2.24) is 14.9 Å². The summed E-state index contributed by atoms with van der Waals surface area (Å²) in [6.07, 6.45) is 2.24. The van der Waals surface area contributed by atoms with Crippen molar-refractivity contribution >= 4 is 18.4 Å². The van der Waals surface area contributed by atoms with Gasteiger partial charge in [-0.3, -0.25) is 5.10 Å². The van der Waals surface area contributed by atoms with Crippen molar-refractivity contribution < 1.29 is 4.39 Å². The van der Waals surface area contributed by atoms with Gasteiger partial charge >= 0.3 is 0 Å². The summed E-state index contributed by atoms with van der Waals surface area (Å²) in [4.78, 5) is 0. The number of H-pyrrole nitrogens is 1. The average Bonchev–Trinajstić information content (AvgIpc) is 2.89. The predicted octanol–water partition coefficient (Wildman–Crippen LogP) is 3.55. The number of aromatic amines is 1. The van der Waals surface area contributed by atoms with Gasteiger partial charge in [-0.15, -0.1) is 0 Å². The fraction of sp³-hybridized carbons (Fsp3) is 0.0625. The molecule has 1 aromatic heterocycles. The van der Waals surface area contributed by atoms with Gasteiger partial charge in [0.2, 0.25) is 4.77 Å². The first-order valence-electron chi connectivity index (χ1n) is 6.72. The number of nitrogens with one attached hydrogen (secondary N) is 1. The molecule has 0 aliphatic carbocycles. The van der Waals surface area contributed by atoms with Crippen LogP contribution < -0.4 is 0 Å². The topological polar surface area (TPSA) is 46.0 Å². The quantitative estimate of drug-likeness (QED) is 0.591. The lowest BCUT2D eigenvalue weighted by Crippen LogP contribution is -2.00. The second-order valence-electron chi connectivity index (χ2n) is 4.72. The zero-order valence-corrected chi connectivity index (χ0v) is 12.4. The van der Waals surface area contributed by atoms with Gasteiger partial charge in [-0.05, 0) is 35.5 Å². The van der Waals surface area contributed by atoms with Crippen molar-refractivity contribution in [2.24, 2.45) is 5.10 Å². The van der Waals surface area contributed by atoms with Crippen LogP contribution in [0.4, 0.5) is 4.39 Å². The SMILES string of the molecule is Fc1ccc(Cc2n[nH]c(=S)n2/N=C\c2ccccc2)cc1. The third kappa shape index (κ3) is 3.35. The number of nitrogens with zero attached hydrogens (tertiary/aromatic N) is 3. The molecule has 1 N–H and O–H groups in total. The van der Waals surface area contributed by atoms with Crippen LogP contribution in [0.5, 0.6) is 0 Å². The van der Waals surface area contributed by atoms with Gasteiger partial charge < -0.3 is 0 Å². The molecule has 0 saturated carbocycles. The summed E-state index contributed by atoms with van der Waals surface area (Å²) in [5.41, 5.74) is 1.91. The minimum Gasteiger partial charge on any atom is -0.250 e. The molecule has 0 aliphatic heterocycles. The van der Waals surface area contributed by atoms with Crippen LogP contribution in [0.25, 0.3) is 0 Å². The molecule has 0 bridgehead atoms. The molecule has 2 aromatic carbocycles. The first kappa shape index (κ1) is 14.3. The molecule has 0 unspecified atom stereocenters. The van der Waals surface area contributed by atoms with E-state index in [1.165, 1.54) is 12.1 Å². The second kappa shape index (κ2) is 6.44. The fourth-order valence-corrected chi connectivity index (χ4v) is 2.20. The molecule has 1 heterocycles. The lowest BCUT2D eigenvalue weighted by atomic mass is 10.1. The molecule has 0 saturated heterocycles. The highest BCUT2D eigenvalue weighted by Crippen LogP contribution is 2.09. The largest absolute Gasteiger partial charge is 0.250 e. The third-order valence-corrected chi connectivity index (χ3v) is 3.38. The van der Waals surface area contributed by atoms with E-state index in [2.05, 4.69) is 15.3 Å². The van der Waals surface area contributed by atoms with Crippen molar-refractivity contribution in [2.75, 3.05) is 0 Å². The molecule has 3 rings (SSSR count). The van der Waals surface area contributed by atoms with Crippen LogP contribution in [0, 0.1) is 10.6 Å². The van der Waals surface area contributed by atoms with Crippen LogP contribution in [0.2, 0.25) is 0 Å². The van der Waals surface area contributed by atoms with E-state index < -0.39 is 0 Å². The molecule has 0 radical (unpaired) electrons. The second-order valence-corrected chi connectivity index (χ2v) is 5.10. The van der Waals surface area contributed by atoms with E-state index in [0.717, 1.165) is 11.1 Å². The number of benzene rings is 2. The number of aromatic nitrogens is 3. The molecule has 3 aromatic rings. The van der Waals surface area contributed by atoms with E-state index in [-0.39, 0.29) is 5.82 Å². The Morgan fingerprint density at radius 2 is 1.86 bits per heavy atom. The predicted molar refractivity (Wildman–Crippen MR) is 86.1 cm³/mol. The molecule has 0 aliphatic rings. The Kier molecular flexibility index (Phi) is 4.20. The summed E-state index contributed by atoms with van der Waals surface area (Å²) in [6, 6.07) is 16.0. The maximum absolute atomic E-state index is 13.0. The van der Waals surface area contributed by atoms with Gasteiger partial charge in [-0.25, -0.2) is 4.39 Å². The van der Waals surface area contributed by atoms with E-state index in [4.69, 9.17) is 12.2 Å². The highest BCUT2D eigenvalue weighted by molar-refractivity contribution is 7.71. The molecule has 0 atom stereocenters. The monoisotopic (exact) mass is 312 g/mol. The van der Waals surface area contributed by atoms with Crippen molar-refractivity contribution in [3.8, 4) is 0 Å². The summed E-state index contributed by atoms with van der Waals surface area (Å²) in [5.74, 6) is 0.411. The normalized spacial score (nSPS) is 11.1. The van der Waals surface area contributed by atoms with E-state index in [1.54, 1.807) is 23.0 Å². The highest BCUT2D eigenvalue weighted by atomic mass is 32.1. The average molecular weight is 312 g/mol. The molecule has 4 nitrogen and oxygen atoms in total. The Hall–Kier alpha value is -2.60. The van der Waals surface area contributed by atoms with Gasteiger partial charge in [-0.1, -0.05) is 42.5 Å². The molecule has 0 amide bonds. The van der Waals surface area contributed by atoms with Crippen LogP contribution in [-0.4, -0.2) is 21.1 Å². The minimum absolute atomic E-state index is 0.260. The van der Waals surface area contributed by atoms with E-state index >= 15 is 0 Å². The Morgan fingerprint density at radius 3 is 2.59 bits per heavy atom. The summed E-state index contributed by atoms with van der Waals surface area (Å²) < 4.78 is 14.9. The van der Waals surface area contributed by atoms with E-state index in [0.29, 0.717) is 17.0 Å². The molecule has 6 heteroatoms. The molecule has 22 heavy (non-hydrogen) atoms. The van der Waals surface area contributed by atoms with Crippen LogP contribution in [-0.2, 0) is 6.42 Å². The minimum atomic E-state index is -0.260. The van der Waals surface area contributed by atoms with Crippen molar-refractivity contribution in [1.29, 1.82) is 0 Å². The van der Waals surface area contributed by atoms with Gasteiger partial charge in [0.05, 0.1) is 6.21 Å². The van der Waals surface area contributed by atoms with Gasteiger partial charge in [0.15, 0.2) is 5.82 Å². The van der Waals surface area contributed by atoms with E-state index in [1.807, 2.05) is 30.3 Å². The van der Waals surface area contributed by atoms with Crippen molar-refractivity contribution in [3.63, 3.8) is 0 Å². The Morgan fingerprint density at radius 1 is 1.14 bits per heavy atom. The molecule has 110 valence electrons. The van der Waals surface area contributed by atoms with Crippen LogP contribution in [0.1, 0.15) is 17.0 Å². The molecule has 0 fully saturated rings. The molecule has 0 spiro atoms. The summed E-state index contributed by atoms with van der Waals surface area (Å²) in [6.45, 7) is 0. The first-order chi connectivity index (χ1) is 10.7. The zero-order valence-electron chi connectivity index (χ0n) is 11.6. The first-order valence-corrected chi connectivity index (χ1v) is 7.13. The van der Waals surface area contributed by atoms with Gasteiger partial charge in [0.25, 0.3) is 0 Å². The number of hydrogen-bond acceptors (Lipinski definition) is 3. The maximum Gasteiger partial charge on any atom is 0.216 e. The van der Waals surface area contributed by atoms with E-state index in [9.17, 15) is 4.39 Å². The Labute approximate surface area is 131 Å². The number of rotatable bonds is 4. The number of hydrogen-bond donors (Lipinski definition) is 1. The molecular weight excluding hydrogens is 299 g/mol. The summed E-state index contributed by atoms with van der Waals surface area (Å²) in [7, 11) is 0. The molecular formula is C16H13FN4S. The third-order valence-electron chi connectivity index (χ3n) is 3.11. The van der Waals surface area contributed by atoms with Crippen LogP contribution in [0.15, 0.2) is 59.7 Å². The van der Waals surface area contributed by atoms with Crippen molar-refractivity contribution in [3.05, 3.63) is 82.1 Å². The van der Waals surface area contributed by atoms with Gasteiger partial charge in [-0.2, -0.15) is 14.9 Å². The summed E-state index contributed by atoms with van der Waals surface area (Å²) in [5, 5.41) is 11.3. The van der Waals surface area contributed by atoms with Gasteiger partial charge in [0, 0.05) is 6.42 Å².